The minimum Gasteiger partial charge on any atom is -0.374 e. The van der Waals surface area contributed by atoms with Gasteiger partial charge in [0.1, 0.15) is 12.2 Å². The molecule has 0 spiro atoms. The monoisotopic (exact) mass is 609 g/mol. The summed E-state index contributed by atoms with van der Waals surface area (Å²) in [6.45, 7) is 12.9. The maximum atomic E-state index is 6.66. The highest BCUT2D eigenvalue weighted by molar-refractivity contribution is 7.44. The van der Waals surface area contributed by atoms with Crippen LogP contribution in [0.4, 0.5) is 0 Å². The van der Waals surface area contributed by atoms with Crippen LogP contribution >= 0.6 is 8.53 Å². The molecule has 3 aromatic rings. The minimum absolute atomic E-state index is 0.248. The molecule has 234 valence electrons. The Hall–Kier alpha value is -2.19. The van der Waals surface area contributed by atoms with Crippen molar-refractivity contribution in [3.63, 3.8) is 0 Å². The third-order valence-corrected chi connectivity index (χ3v) is 9.36. The third-order valence-electron chi connectivity index (χ3n) is 7.16. The Kier molecular flexibility index (Phi) is 14.1. The summed E-state index contributed by atoms with van der Waals surface area (Å²) in [6, 6.07) is 31.1. The quantitative estimate of drug-likeness (QED) is 0.144. The van der Waals surface area contributed by atoms with Gasteiger partial charge in [0, 0.05) is 18.5 Å². The van der Waals surface area contributed by atoms with E-state index in [1.54, 1.807) is 0 Å². The molecule has 0 bridgehead atoms. The molecule has 0 saturated carbocycles. The first-order valence-electron chi connectivity index (χ1n) is 15.4. The first-order chi connectivity index (χ1) is 20.9. The van der Waals surface area contributed by atoms with Crippen LogP contribution in [0, 0.1) is 0 Å². The second kappa shape index (κ2) is 17.9. The molecule has 0 radical (unpaired) electrons. The molecular weight excluding hydrogens is 561 g/mol. The Bertz CT molecular complexity index is 1140. The maximum absolute atomic E-state index is 6.66. The summed E-state index contributed by atoms with van der Waals surface area (Å²) >= 11 is 0. The molecular formula is C35H48NO6P. The molecule has 0 N–H and O–H groups in total. The van der Waals surface area contributed by atoms with E-state index in [-0.39, 0.29) is 24.3 Å². The lowest BCUT2D eigenvalue weighted by Crippen LogP contribution is -2.53. The highest BCUT2D eigenvalue weighted by atomic mass is 31.2. The van der Waals surface area contributed by atoms with Crippen LogP contribution in [-0.2, 0) is 47.8 Å². The van der Waals surface area contributed by atoms with E-state index in [1.807, 2.05) is 61.5 Å². The highest BCUT2D eigenvalue weighted by Gasteiger charge is 2.43. The fourth-order valence-corrected chi connectivity index (χ4v) is 6.83. The minimum atomic E-state index is -1.35. The molecule has 7 nitrogen and oxygen atoms in total. The fraction of sp³-hybridized carbons (Fsp3) is 0.486. The number of rotatable bonds is 17. The van der Waals surface area contributed by atoms with Gasteiger partial charge in [-0.25, -0.2) is 4.67 Å². The van der Waals surface area contributed by atoms with Gasteiger partial charge in [-0.05, 0) is 51.3 Å². The van der Waals surface area contributed by atoms with Crippen molar-refractivity contribution in [3.05, 3.63) is 108 Å². The van der Waals surface area contributed by atoms with Crippen LogP contribution in [0.1, 0.15) is 57.7 Å². The summed E-state index contributed by atoms with van der Waals surface area (Å²) in [4.78, 5) is 0. The Morgan fingerprint density at radius 3 is 1.77 bits per heavy atom. The first kappa shape index (κ1) is 33.7. The van der Waals surface area contributed by atoms with Crippen molar-refractivity contribution in [2.45, 2.75) is 97.5 Å². The Labute approximate surface area is 259 Å². The van der Waals surface area contributed by atoms with Crippen molar-refractivity contribution < 1.29 is 28.0 Å². The van der Waals surface area contributed by atoms with Gasteiger partial charge in [0.25, 0.3) is 8.53 Å². The molecule has 1 aliphatic rings. The summed E-state index contributed by atoms with van der Waals surface area (Å²) < 4.78 is 41.2. The largest absolute Gasteiger partial charge is 0.374 e. The average molecular weight is 610 g/mol. The topological polar surface area (TPSA) is 58.6 Å². The molecule has 1 aliphatic heterocycles. The lowest BCUT2D eigenvalue weighted by atomic mass is 10.0. The SMILES string of the molecule is CCOP(O[C@@H]1C[C@@H](OCc2ccccc2)[C@@H](OCc2ccccc2)[C@@H](COCc2ccccc2)O1)N(C(C)C)C(C)C. The molecule has 1 unspecified atom stereocenters. The molecule has 0 amide bonds. The lowest BCUT2D eigenvalue weighted by Gasteiger charge is -2.43. The molecule has 1 heterocycles. The molecule has 43 heavy (non-hydrogen) atoms. The normalized spacial score (nSPS) is 21.5. The summed E-state index contributed by atoms with van der Waals surface area (Å²) in [7, 11) is -1.35. The van der Waals surface area contributed by atoms with E-state index in [0.717, 1.165) is 16.7 Å². The van der Waals surface area contributed by atoms with Crippen LogP contribution in [0.5, 0.6) is 0 Å². The van der Waals surface area contributed by atoms with Gasteiger partial charge in [-0.3, -0.25) is 4.52 Å². The zero-order valence-electron chi connectivity index (χ0n) is 26.2. The Morgan fingerprint density at radius 1 is 0.744 bits per heavy atom. The molecule has 8 heteroatoms. The van der Waals surface area contributed by atoms with Crippen molar-refractivity contribution in [1.29, 1.82) is 0 Å². The van der Waals surface area contributed by atoms with E-state index < -0.39 is 20.9 Å². The van der Waals surface area contributed by atoms with Crippen LogP contribution in [0.25, 0.3) is 0 Å². The van der Waals surface area contributed by atoms with Crippen LogP contribution in [0.2, 0.25) is 0 Å². The highest BCUT2D eigenvalue weighted by Crippen LogP contribution is 2.48. The van der Waals surface area contributed by atoms with E-state index >= 15 is 0 Å². The predicted molar refractivity (Wildman–Crippen MR) is 171 cm³/mol. The Morgan fingerprint density at radius 2 is 1.26 bits per heavy atom. The zero-order chi connectivity index (χ0) is 30.4. The van der Waals surface area contributed by atoms with Gasteiger partial charge in [-0.15, -0.1) is 0 Å². The van der Waals surface area contributed by atoms with Gasteiger partial charge in [-0.1, -0.05) is 91.0 Å². The third kappa shape index (κ3) is 10.7. The first-order valence-corrected chi connectivity index (χ1v) is 16.5. The standard InChI is InChI=1S/C35H48NO6P/c1-6-40-43(36(27(2)3)28(4)5)42-34-22-32(38-24-30-18-12-8-13-19-30)35(39-25-31-20-14-9-15-21-31)33(41-34)26-37-23-29-16-10-7-11-17-29/h7-21,27-28,32-35H,6,22-26H2,1-5H3/t32-,33-,34-,35-,43?/m1/s1. The van der Waals surface area contributed by atoms with E-state index in [1.165, 1.54) is 0 Å². The van der Waals surface area contributed by atoms with Crippen LogP contribution in [0.3, 0.4) is 0 Å². The number of hydrogen-bond donors (Lipinski definition) is 0. The van der Waals surface area contributed by atoms with Crippen molar-refractivity contribution in [1.82, 2.24) is 4.67 Å². The van der Waals surface area contributed by atoms with Crippen LogP contribution in [-0.4, -0.2) is 54.6 Å². The second-order valence-corrected chi connectivity index (χ2v) is 12.7. The van der Waals surface area contributed by atoms with Crippen LogP contribution < -0.4 is 0 Å². The van der Waals surface area contributed by atoms with Crippen LogP contribution in [0.15, 0.2) is 91.0 Å². The van der Waals surface area contributed by atoms with Crippen molar-refractivity contribution in [2.75, 3.05) is 13.2 Å². The zero-order valence-corrected chi connectivity index (χ0v) is 27.1. The molecule has 1 saturated heterocycles. The average Bonchev–Trinajstić information content (AvgIpc) is 3.01. The van der Waals surface area contributed by atoms with Gasteiger partial charge in [-0.2, -0.15) is 0 Å². The van der Waals surface area contributed by atoms with E-state index in [2.05, 4.69) is 68.8 Å². The van der Waals surface area contributed by atoms with Gasteiger partial charge in [0.05, 0.1) is 39.1 Å². The molecule has 3 aromatic carbocycles. The number of benzene rings is 3. The van der Waals surface area contributed by atoms with Crippen molar-refractivity contribution in [3.8, 4) is 0 Å². The molecule has 0 aromatic heterocycles. The van der Waals surface area contributed by atoms with E-state index in [9.17, 15) is 0 Å². The summed E-state index contributed by atoms with van der Waals surface area (Å²) in [6.07, 6.45) is -1.07. The van der Waals surface area contributed by atoms with E-state index in [0.29, 0.717) is 39.5 Å². The number of nitrogens with zero attached hydrogens (tertiary/aromatic N) is 1. The summed E-state index contributed by atoms with van der Waals surface area (Å²) in [5.74, 6) is 0. The fourth-order valence-electron chi connectivity index (χ4n) is 5.22. The molecule has 1 fully saturated rings. The number of ether oxygens (including phenoxy) is 4. The van der Waals surface area contributed by atoms with Gasteiger partial charge in [0.2, 0.25) is 0 Å². The van der Waals surface area contributed by atoms with Crippen molar-refractivity contribution in [2.24, 2.45) is 0 Å². The summed E-state index contributed by atoms with van der Waals surface area (Å²) in [5.41, 5.74) is 3.30. The smallest absolute Gasteiger partial charge is 0.261 e. The van der Waals surface area contributed by atoms with Gasteiger partial charge >= 0.3 is 0 Å². The molecule has 5 atom stereocenters. The lowest BCUT2D eigenvalue weighted by molar-refractivity contribution is -0.259. The molecule has 0 aliphatic carbocycles. The van der Waals surface area contributed by atoms with Gasteiger partial charge in [0.15, 0.2) is 6.29 Å². The molecule has 4 rings (SSSR count). The maximum Gasteiger partial charge on any atom is 0.261 e. The van der Waals surface area contributed by atoms with Gasteiger partial charge < -0.3 is 23.5 Å². The van der Waals surface area contributed by atoms with E-state index in [4.69, 9.17) is 28.0 Å². The Balaban J connectivity index is 1.56. The summed E-state index contributed by atoms with van der Waals surface area (Å²) in [5, 5.41) is 0. The second-order valence-electron chi connectivity index (χ2n) is 11.3. The number of hydrogen-bond acceptors (Lipinski definition) is 7. The predicted octanol–water partition coefficient (Wildman–Crippen LogP) is 7.89. The van der Waals surface area contributed by atoms with Crippen molar-refractivity contribution >= 4 is 8.53 Å².